The van der Waals surface area contributed by atoms with Crippen LogP contribution in [0.2, 0.25) is 0 Å². The zero-order chi connectivity index (χ0) is 19.4. The third-order valence-electron chi connectivity index (χ3n) is 3.57. The molecule has 1 aromatic rings. The van der Waals surface area contributed by atoms with Gasteiger partial charge in [0.2, 0.25) is 15.9 Å². The van der Waals surface area contributed by atoms with E-state index in [-0.39, 0.29) is 22.6 Å². The summed E-state index contributed by atoms with van der Waals surface area (Å²) in [4.78, 5) is 12.3. The van der Waals surface area contributed by atoms with E-state index in [1.165, 1.54) is 0 Å². The van der Waals surface area contributed by atoms with Gasteiger partial charge in [0.05, 0.1) is 4.90 Å². The van der Waals surface area contributed by atoms with Gasteiger partial charge < -0.3 is 5.32 Å². The fraction of sp³-hybridized carbons (Fsp3) is 0.632. The molecule has 0 spiro atoms. The van der Waals surface area contributed by atoms with Gasteiger partial charge in [0, 0.05) is 24.2 Å². The summed E-state index contributed by atoms with van der Waals surface area (Å²) in [7, 11) is -3.54. The third kappa shape index (κ3) is 6.44. The van der Waals surface area contributed by atoms with Crippen LogP contribution in [0.3, 0.4) is 0 Å². The van der Waals surface area contributed by atoms with Gasteiger partial charge in [0.1, 0.15) is 0 Å². The fourth-order valence-corrected chi connectivity index (χ4v) is 4.03. The molecule has 0 radical (unpaired) electrons. The highest BCUT2D eigenvalue weighted by atomic mass is 32.2. The minimum Gasteiger partial charge on any atom is -0.326 e. The number of sulfonamides is 1. The summed E-state index contributed by atoms with van der Waals surface area (Å²) in [6, 6.07) is 6.39. The van der Waals surface area contributed by atoms with Crippen molar-refractivity contribution >= 4 is 21.6 Å². The first kappa shape index (κ1) is 21.6. The molecule has 0 saturated heterocycles. The third-order valence-corrected chi connectivity index (χ3v) is 5.41. The van der Waals surface area contributed by atoms with E-state index in [9.17, 15) is 13.2 Å². The molecule has 6 heteroatoms. The number of anilines is 1. The summed E-state index contributed by atoms with van der Waals surface area (Å²) in [5, 5.41) is 2.81. The average molecular weight is 369 g/mol. The highest BCUT2D eigenvalue weighted by molar-refractivity contribution is 7.89. The van der Waals surface area contributed by atoms with E-state index < -0.39 is 15.4 Å². The molecule has 1 rings (SSSR count). The molecule has 0 saturated carbocycles. The predicted molar refractivity (Wildman–Crippen MR) is 103 cm³/mol. The van der Waals surface area contributed by atoms with E-state index in [1.807, 2.05) is 48.5 Å². The number of carbonyl (C=O) groups excluding carboxylic acids is 1. The standard InChI is InChI=1S/C19H32N2O3S/c1-14(2)12-21(13-15(3)4)25(23,24)17-10-8-16(9-11-17)20-18(22)19(5,6)7/h8-11,14-15H,12-13H2,1-7H3,(H,20,22). The van der Waals surface area contributed by atoms with Crippen molar-refractivity contribution in [3.63, 3.8) is 0 Å². The maximum absolute atomic E-state index is 12.9. The number of nitrogens with zero attached hydrogens (tertiary/aromatic N) is 1. The lowest BCUT2D eigenvalue weighted by Crippen LogP contribution is -2.37. The number of hydrogen-bond acceptors (Lipinski definition) is 3. The molecular formula is C19H32N2O3S. The van der Waals surface area contributed by atoms with Gasteiger partial charge >= 0.3 is 0 Å². The maximum Gasteiger partial charge on any atom is 0.243 e. The smallest absolute Gasteiger partial charge is 0.243 e. The molecule has 0 bridgehead atoms. The molecule has 1 aromatic carbocycles. The average Bonchev–Trinajstić information content (AvgIpc) is 2.45. The molecule has 25 heavy (non-hydrogen) atoms. The first-order valence-corrected chi connectivity index (χ1v) is 10.2. The van der Waals surface area contributed by atoms with Gasteiger partial charge in [-0.3, -0.25) is 4.79 Å². The first-order valence-electron chi connectivity index (χ1n) is 8.75. The number of amides is 1. The summed E-state index contributed by atoms with van der Waals surface area (Å²) < 4.78 is 27.4. The fourth-order valence-electron chi connectivity index (χ4n) is 2.26. The molecule has 0 fully saturated rings. The molecule has 0 aliphatic rings. The van der Waals surface area contributed by atoms with Crippen LogP contribution in [0.4, 0.5) is 5.69 Å². The number of hydrogen-bond donors (Lipinski definition) is 1. The normalized spacial score (nSPS) is 12.9. The summed E-state index contributed by atoms with van der Waals surface area (Å²) in [5.74, 6) is 0.391. The van der Waals surface area contributed by atoms with Crippen LogP contribution in [-0.4, -0.2) is 31.7 Å². The minimum atomic E-state index is -3.54. The Balaban J connectivity index is 3.03. The SMILES string of the molecule is CC(C)CN(CC(C)C)S(=O)(=O)c1ccc(NC(=O)C(C)(C)C)cc1. The van der Waals surface area contributed by atoms with E-state index in [2.05, 4.69) is 5.32 Å². The molecule has 0 heterocycles. The van der Waals surface area contributed by atoms with Crippen LogP contribution in [0.5, 0.6) is 0 Å². The largest absolute Gasteiger partial charge is 0.326 e. The van der Waals surface area contributed by atoms with Crippen molar-refractivity contribution in [2.75, 3.05) is 18.4 Å². The van der Waals surface area contributed by atoms with Gasteiger partial charge in [-0.1, -0.05) is 48.5 Å². The topological polar surface area (TPSA) is 66.5 Å². The number of rotatable bonds is 7. The molecule has 1 N–H and O–H groups in total. The summed E-state index contributed by atoms with van der Waals surface area (Å²) in [6.45, 7) is 14.5. The van der Waals surface area contributed by atoms with Gasteiger partial charge in [-0.05, 0) is 36.1 Å². The van der Waals surface area contributed by atoms with Crippen LogP contribution >= 0.6 is 0 Å². The Morgan fingerprint density at radius 1 is 1.00 bits per heavy atom. The highest BCUT2D eigenvalue weighted by Crippen LogP contribution is 2.22. The van der Waals surface area contributed by atoms with E-state index in [4.69, 9.17) is 0 Å². The highest BCUT2D eigenvalue weighted by Gasteiger charge is 2.26. The lowest BCUT2D eigenvalue weighted by atomic mass is 9.95. The molecule has 0 aliphatic carbocycles. The van der Waals surface area contributed by atoms with Crippen molar-refractivity contribution in [2.24, 2.45) is 17.3 Å². The Hall–Kier alpha value is -1.40. The minimum absolute atomic E-state index is 0.107. The Morgan fingerprint density at radius 2 is 1.44 bits per heavy atom. The van der Waals surface area contributed by atoms with Gasteiger partial charge in [-0.15, -0.1) is 0 Å². The summed E-state index contributed by atoms with van der Waals surface area (Å²) >= 11 is 0. The number of carbonyl (C=O) groups is 1. The lowest BCUT2D eigenvalue weighted by Gasteiger charge is -2.25. The predicted octanol–water partition coefficient (Wildman–Crippen LogP) is 3.97. The van der Waals surface area contributed by atoms with E-state index in [1.54, 1.807) is 28.6 Å². The summed E-state index contributed by atoms with van der Waals surface area (Å²) in [5.41, 5.74) is 0.0916. The molecular weight excluding hydrogens is 336 g/mol. The maximum atomic E-state index is 12.9. The summed E-state index contributed by atoms with van der Waals surface area (Å²) in [6.07, 6.45) is 0. The van der Waals surface area contributed by atoms with Crippen LogP contribution < -0.4 is 5.32 Å². The molecule has 0 aliphatic heterocycles. The van der Waals surface area contributed by atoms with Crippen LogP contribution in [-0.2, 0) is 14.8 Å². The second kappa shape index (κ2) is 8.32. The van der Waals surface area contributed by atoms with Gasteiger partial charge in [-0.2, -0.15) is 4.31 Å². The molecule has 1 amide bonds. The van der Waals surface area contributed by atoms with Gasteiger partial charge in [-0.25, -0.2) is 8.42 Å². The Bertz CT molecular complexity index is 662. The number of benzene rings is 1. The monoisotopic (exact) mass is 368 g/mol. The molecule has 0 aromatic heterocycles. The second-order valence-electron chi connectivity index (χ2n) is 8.34. The zero-order valence-corrected chi connectivity index (χ0v) is 17.3. The van der Waals surface area contributed by atoms with Gasteiger partial charge in [0.25, 0.3) is 0 Å². The van der Waals surface area contributed by atoms with Crippen LogP contribution in [0, 0.1) is 17.3 Å². The molecule has 142 valence electrons. The molecule has 0 unspecified atom stereocenters. The van der Waals surface area contributed by atoms with Crippen LogP contribution in [0.1, 0.15) is 48.5 Å². The number of nitrogens with one attached hydrogen (secondary N) is 1. The van der Waals surface area contributed by atoms with E-state index in [0.29, 0.717) is 18.8 Å². The molecule has 5 nitrogen and oxygen atoms in total. The van der Waals surface area contributed by atoms with Crippen LogP contribution in [0.25, 0.3) is 0 Å². The van der Waals surface area contributed by atoms with Gasteiger partial charge in [0.15, 0.2) is 0 Å². The van der Waals surface area contributed by atoms with Crippen molar-refractivity contribution in [3.8, 4) is 0 Å². The molecule has 0 atom stereocenters. The van der Waals surface area contributed by atoms with Crippen molar-refractivity contribution < 1.29 is 13.2 Å². The zero-order valence-electron chi connectivity index (χ0n) is 16.5. The quantitative estimate of drug-likeness (QED) is 0.792. The van der Waals surface area contributed by atoms with E-state index in [0.717, 1.165) is 0 Å². The first-order chi connectivity index (χ1) is 11.3. The van der Waals surface area contributed by atoms with Crippen molar-refractivity contribution in [2.45, 2.75) is 53.4 Å². The second-order valence-corrected chi connectivity index (χ2v) is 10.3. The van der Waals surface area contributed by atoms with E-state index >= 15 is 0 Å². The Morgan fingerprint density at radius 3 is 1.80 bits per heavy atom. The van der Waals surface area contributed by atoms with Crippen molar-refractivity contribution in [1.82, 2.24) is 4.31 Å². The Labute approximate surface area is 152 Å². The van der Waals surface area contributed by atoms with Crippen LogP contribution in [0.15, 0.2) is 29.2 Å². The Kier molecular flexibility index (Phi) is 7.20. The van der Waals surface area contributed by atoms with Crippen molar-refractivity contribution in [1.29, 1.82) is 0 Å². The van der Waals surface area contributed by atoms with Crippen molar-refractivity contribution in [3.05, 3.63) is 24.3 Å². The lowest BCUT2D eigenvalue weighted by molar-refractivity contribution is -0.123.